The molecule has 1 aromatic carbocycles. The molecule has 6 nitrogen and oxygen atoms in total. The van der Waals surface area contributed by atoms with E-state index in [1.807, 2.05) is 24.4 Å². The number of likely N-dealkylation sites (tertiary alicyclic amines) is 1. The number of carbonyl (C=O) groups is 1. The molecule has 0 saturated carbocycles. The lowest BCUT2D eigenvalue weighted by Crippen LogP contribution is -2.36. The van der Waals surface area contributed by atoms with Gasteiger partial charge < -0.3 is 14.8 Å². The zero-order valence-electron chi connectivity index (χ0n) is 16.2. The Bertz CT molecular complexity index is 778. The fraction of sp³-hybridized carbons (Fsp3) is 0.500. The minimum absolute atomic E-state index is 0.0885. The number of ether oxygens (including phenoxy) is 2. The number of rotatable bonds is 7. The highest BCUT2D eigenvalue weighted by atomic mass is 32.1. The van der Waals surface area contributed by atoms with Crippen LogP contribution in [0.5, 0.6) is 11.5 Å². The SMILES string of the molecule is COc1ccc(CC(=O)Nc2ncc(CN3CCCCC3C)s2)cc1OC. The van der Waals surface area contributed by atoms with Crippen LogP contribution in [0.15, 0.2) is 24.4 Å². The maximum atomic E-state index is 12.4. The first-order chi connectivity index (χ1) is 13.1. The molecule has 1 aliphatic heterocycles. The average Bonchev–Trinajstić information content (AvgIpc) is 3.10. The van der Waals surface area contributed by atoms with Gasteiger partial charge in [-0.05, 0) is 44.0 Å². The van der Waals surface area contributed by atoms with Gasteiger partial charge in [-0.2, -0.15) is 0 Å². The largest absolute Gasteiger partial charge is 0.493 e. The smallest absolute Gasteiger partial charge is 0.230 e. The number of aromatic nitrogens is 1. The van der Waals surface area contributed by atoms with Gasteiger partial charge in [-0.15, -0.1) is 11.3 Å². The number of hydrogen-bond acceptors (Lipinski definition) is 6. The summed E-state index contributed by atoms with van der Waals surface area (Å²) in [4.78, 5) is 20.4. The van der Waals surface area contributed by atoms with Gasteiger partial charge in [0.15, 0.2) is 16.6 Å². The van der Waals surface area contributed by atoms with Gasteiger partial charge in [0.25, 0.3) is 0 Å². The number of amides is 1. The predicted octanol–water partition coefficient (Wildman–Crippen LogP) is 3.72. The Kier molecular flexibility index (Phi) is 6.68. The van der Waals surface area contributed by atoms with Crippen molar-refractivity contribution < 1.29 is 14.3 Å². The van der Waals surface area contributed by atoms with Crippen molar-refractivity contribution in [1.82, 2.24) is 9.88 Å². The lowest BCUT2D eigenvalue weighted by atomic mass is 10.0. The van der Waals surface area contributed by atoms with Crippen molar-refractivity contribution in [2.45, 2.75) is 45.2 Å². The molecular weight excluding hydrogens is 362 g/mol. The Morgan fingerprint density at radius 2 is 2.11 bits per heavy atom. The van der Waals surface area contributed by atoms with Crippen LogP contribution in [0.3, 0.4) is 0 Å². The van der Waals surface area contributed by atoms with Gasteiger partial charge in [0, 0.05) is 23.7 Å². The summed E-state index contributed by atoms with van der Waals surface area (Å²) >= 11 is 1.55. The van der Waals surface area contributed by atoms with Gasteiger partial charge in [-0.25, -0.2) is 4.98 Å². The van der Waals surface area contributed by atoms with Gasteiger partial charge in [0.2, 0.25) is 5.91 Å². The third-order valence-corrected chi connectivity index (χ3v) is 5.81. The van der Waals surface area contributed by atoms with Gasteiger partial charge >= 0.3 is 0 Å². The molecule has 146 valence electrons. The predicted molar refractivity (Wildman–Crippen MR) is 108 cm³/mol. The molecule has 1 amide bonds. The summed E-state index contributed by atoms with van der Waals surface area (Å²) in [6.45, 7) is 4.33. The average molecular weight is 390 g/mol. The number of thiazole rings is 1. The second-order valence-electron chi connectivity index (χ2n) is 6.86. The minimum Gasteiger partial charge on any atom is -0.493 e. The second-order valence-corrected chi connectivity index (χ2v) is 7.98. The standard InChI is InChI=1S/C20H27N3O3S/c1-14-6-4-5-9-23(14)13-16-12-21-20(27-16)22-19(24)11-15-7-8-17(25-2)18(10-15)26-3/h7-8,10,12,14H,4-6,9,11,13H2,1-3H3,(H,21,22,24). The topological polar surface area (TPSA) is 63.7 Å². The molecule has 2 aromatic rings. The Hall–Kier alpha value is -2.12. The summed E-state index contributed by atoms with van der Waals surface area (Å²) < 4.78 is 10.5. The lowest BCUT2D eigenvalue weighted by Gasteiger charge is -2.32. The molecule has 1 fully saturated rings. The molecule has 1 unspecified atom stereocenters. The number of nitrogens with zero attached hydrogens (tertiary/aromatic N) is 2. The molecule has 0 spiro atoms. The first-order valence-electron chi connectivity index (χ1n) is 9.28. The molecule has 7 heteroatoms. The van der Waals surface area contributed by atoms with Crippen LogP contribution in [0.4, 0.5) is 5.13 Å². The maximum absolute atomic E-state index is 12.4. The van der Waals surface area contributed by atoms with Crippen molar-refractivity contribution >= 4 is 22.4 Å². The zero-order chi connectivity index (χ0) is 19.2. The molecule has 2 heterocycles. The second kappa shape index (κ2) is 9.19. The summed E-state index contributed by atoms with van der Waals surface area (Å²) in [6, 6.07) is 6.11. The molecule has 0 aliphatic carbocycles. The fourth-order valence-electron chi connectivity index (χ4n) is 3.37. The van der Waals surface area contributed by atoms with Crippen LogP contribution in [0.2, 0.25) is 0 Å². The van der Waals surface area contributed by atoms with E-state index >= 15 is 0 Å². The van der Waals surface area contributed by atoms with E-state index in [9.17, 15) is 4.79 Å². The number of piperidine rings is 1. The highest BCUT2D eigenvalue weighted by Crippen LogP contribution is 2.28. The summed E-state index contributed by atoms with van der Waals surface area (Å²) in [7, 11) is 3.18. The van der Waals surface area contributed by atoms with Crippen molar-refractivity contribution in [3.63, 3.8) is 0 Å². The Morgan fingerprint density at radius 1 is 1.30 bits per heavy atom. The van der Waals surface area contributed by atoms with E-state index in [1.165, 1.54) is 24.1 Å². The van der Waals surface area contributed by atoms with Crippen LogP contribution in [0.1, 0.15) is 36.6 Å². The van der Waals surface area contributed by atoms with Crippen LogP contribution in [0.25, 0.3) is 0 Å². The Labute approximate surface area is 164 Å². The number of hydrogen-bond donors (Lipinski definition) is 1. The molecular formula is C20H27N3O3S. The molecule has 1 N–H and O–H groups in total. The Morgan fingerprint density at radius 3 is 2.85 bits per heavy atom. The summed E-state index contributed by atoms with van der Waals surface area (Å²) in [5.41, 5.74) is 0.865. The molecule has 27 heavy (non-hydrogen) atoms. The van der Waals surface area contributed by atoms with E-state index in [2.05, 4.69) is 22.1 Å². The van der Waals surface area contributed by atoms with Crippen molar-refractivity contribution in [1.29, 1.82) is 0 Å². The maximum Gasteiger partial charge on any atom is 0.230 e. The number of methoxy groups -OCH3 is 2. The zero-order valence-corrected chi connectivity index (χ0v) is 17.0. The van der Waals surface area contributed by atoms with Crippen LogP contribution >= 0.6 is 11.3 Å². The number of carbonyl (C=O) groups excluding carboxylic acids is 1. The van der Waals surface area contributed by atoms with Crippen molar-refractivity contribution in [3.05, 3.63) is 34.8 Å². The minimum atomic E-state index is -0.0885. The molecule has 1 saturated heterocycles. The van der Waals surface area contributed by atoms with Crippen LogP contribution < -0.4 is 14.8 Å². The van der Waals surface area contributed by atoms with Crippen LogP contribution in [-0.2, 0) is 17.8 Å². The van der Waals surface area contributed by atoms with Crippen LogP contribution in [-0.4, -0.2) is 42.6 Å². The van der Waals surface area contributed by atoms with Gasteiger partial charge in [0.05, 0.1) is 20.6 Å². The first kappa shape index (κ1) is 19.6. The highest BCUT2D eigenvalue weighted by Gasteiger charge is 2.19. The first-order valence-corrected chi connectivity index (χ1v) is 10.1. The highest BCUT2D eigenvalue weighted by molar-refractivity contribution is 7.15. The lowest BCUT2D eigenvalue weighted by molar-refractivity contribution is -0.115. The van der Waals surface area contributed by atoms with Crippen molar-refractivity contribution in [2.75, 3.05) is 26.1 Å². The van der Waals surface area contributed by atoms with Gasteiger partial charge in [-0.3, -0.25) is 9.69 Å². The Balaban J connectivity index is 1.56. The number of benzene rings is 1. The van der Waals surface area contributed by atoms with Crippen molar-refractivity contribution in [2.24, 2.45) is 0 Å². The van der Waals surface area contributed by atoms with E-state index in [0.717, 1.165) is 18.7 Å². The molecule has 3 rings (SSSR count). The summed E-state index contributed by atoms with van der Waals surface area (Å²) in [5, 5.41) is 3.56. The number of anilines is 1. The summed E-state index contributed by atoms with van der Waals surface area (Å²) in [6.07, 6.45) is 5.97. The van der Waals surface area contributed by atoms with Crippen molar-refractivity contribution in [3.8, 4) is 11.5 Å². The monoisotopic (exact) mass is 389 g/mol. The molecule has 1 atom stereocenters. The van der Waals surface area contributed by atoms with E-state index in [1.54, 1.807) is 25.6 Å². The van der Waals surface area contributed by atoms with Gasteiger partial charge in [-0.1, -0.05) is 12.5 Å². The fourth-order valence-corrected chi connectivity index (χ4v) is 4.22. The van der Waals surface area contributed by atoms with E-state index in [-0.39, 0.29) is 12.3 Å². The molecule has 0 radical (unpaired) electrons. The normalized spacial score (nSPS) is 17.5. The third-order valence-electron chi connectivity index (χ3n) is 4.91. The molecule has 1 aliphatic rings. The van der Waals surface area contributed by atoms with E-state index in [0.29, 0.717) is 22.7 Å². The van der Waals surface area contributed by atoms with Gasteiger partial charge in [0.1, 0.15) is 0 Å². The summed E-state index contributed by atoms with van der Waals surface area (Å²) in [5.74, 6) is 1.18. The van der Waals surface area contributed by atoms with E-state index < -0.39 is 0 Å². The molecule has 0 bridgehead atoms. The number of nitrogens with one attached hydrogen (secondary N) is 1. The quantitative estimate of drug-likeness (QED) is 0.782. The van der Waals surface area contributed by atoms with Crippen LogP contribution in [0, 0.1) is 0 Å². The van der Waals surface area contributed by atoms with E-state index in [4.69, 9.17) is 9.47 Å². The third kappa shape index (κ3) is 5.20. The molecule has 1 aromatic heterocycles.